The molecule has 0 spiro atoms. The van der Waals surface area contributed by atoms with E-state index < -0.39 is 6.04 Å². The van der Waals surface area contributed by atoms with Crippen LogP contribution in [0.4, 0.5) is 14.9 Å². The van der Waals surface area contributed by atoms with Gasteiger partial charge in [0.1, 0.15) is 5.82 Å². The summed E-state index contributed by atoms with van der Waals surface area (Å²) in [6.45, 7) is 1.85. The van der Waals surface area contributed by atoms with Gasteiger partial charge in [0.25, 0.3) is 5.89 Å². The fourth-order valence-corrected chi connectivity index (χ4v) is 4.41. The van der Waals surface area contributed by atoms with Gasteiger partial charge in [-0.05, 0) is 55.1 Å². The molecule has 34 heavy (non-hydrogen) atoms. The molecule has 2 amide bonds. The Morgan fingerprint density at radius 3 is 2.38 bits per heavy atom. The Kier molecular flexibility index (Phi) is 5.90. The number of rotatable bonds is 5. The molecule has 2 heterocycles. The molecule has 1 N–H and O–H groups in total. The van der Waals surface area contributed by atoms with Crippen LogP contribution in [0.2, 0.25) is 0 Å². The zero-order valence-corrected chi connectivity index (χ0v) is 19.3. The van der Waals surface area contributed by atoms with Crippen molar-refractivity contribution in [3.8, 4) is 11.4 Å². The number of allylic oxidation sites excluding steroid dienone is 1. The maximum Gasteiger partial charge on any atom is 0.326 e. The van der Waals surface area contributed by atoms with Crippen molar-refractivity contribution in [1.29, 1.82) is 0 Å². The standard InChI is InChI=1S/C26H21FN4O2S/c1-16-22(25-29-24(30-33-25)18-6-4-3-5-7-18)23(17-8-10-19(27)11-9-17)28-26(32)31(16)20-12-14-21(34-2)15-13-20/h3-15,23H,1-2H3,(H,28,32). The second kappa shape index (κ2) is 9.15. The predicted molar refractivity (Wildman–Crippen MR) is 131 cm³/mol. The first-order valence-electron chi connectivity index (χ1n) is 10.7. The van der Waals surface area contributed by atoms with Crippen LogP contribution >= 0.6 is 11.8 Å². The van der Waals surface area contributed by atoms with Gasteiger partial charge >= 0.3 is 6.03 Å². The number of hydrogen-bond acceptors (Lipinski definition) is 5. The number of carbonyl (C=O) groups excluding carboxylic acids is 1. The molecule has 0 aliphatic carbocycles. The summed E-state index contributed by atoms with van der Waals surface area (Å²) >= 11 is 1.63. The Bertz CT molecular complexity index is 1350. The summed E-state index contributed by atoms with van der Waals surface area (Å²) in [5.41, 5.74) is 3.54. The van der Waals surface area contributed by atoms with Crippen molar-refractivity contribution >= 4 is 29.1 Å². The van der Waals surface area contributed by atoms with Crippen LogP contribution in [0, 0.1) is 5.82 Å². The number of aromatic nitrogens is 2. The Balaban J connectivity index is 1.64. The van der Waals surface area contributed by atoms with Crippen LogP contribution in [0.3, 0.4) is 0 Å². The van der Waals surface area contributed by atoms with Crippen LogP contribution < -0.4 is 10.2 Å². The van der Waals surface area contributed by atoms with Gasteiger partial charge < -0.3 is 9.84 Å². The van der Waals surface area contributed by atoms with E-state index in [2.05, 4.69) is 15.5 Å². The molecular formula is C26H21FN4O2S. The quantitative estimate of drug-likeness (QED) is 0.345. The number of amides is 2. The highest BCUT2D eigenvalue weighted by atomic mass is 32.2. The number of urea groups is 1. The van der Waals surface area contributed by atoms with E-state index in [0.29, 0.717) is 28.3 Å². The molecule has 1 unspecified atom stereocenters. The van der Waals surface area contributed by atoms with Crippen LogP contribution in [0.5, 0.6) is 0 Å². The van der Waals surface area contributed by atoms with Gasteiger partial charge in [-0.15, -0.1) is 11.8 Å². The summed E-state index contributed by atoms with van der Waals surface area (Å²) in [6.07, 6.45) is 2.00. The summed E-state index contributed by atoms with van der Waals surface area (Å²) in [7, 11) is 0. The number of anilines is 1. The molecule has 1 atom stereocenters. The molecule has 3 aromatic carbocycles. The highest BCUT2D eigenvalue weighted by Crippen LogP contribution is 2.39. The van der Waals surface area contributed by atoms with E-state index in [4.69, 9.17) is 4.52 Å². The molecule has 1 aliphatic rings. The van der Waals surface area contributed by atoms with Crippen LogP contribution in [0.1, 0.15) is 24.4 Å². The molecule has 5 rings (SSSR count). The van der Waals surface area contributed by atoms with Crippen LogP contribution in [0.25, 0.3) is 17.0 Å². The minimum absolute atomic E-state index is 0.288. The maximum absolute atomic E-state index is 13.6. The van der Waals surface area contributed by atoms with Gasteiger partial charge in [-0.25, -0.2) is 9.18 Å². The SMILES string of the molecule is CSc1ccc(N2C(=O)NC(c3ccc(F)cc3)C(c3nc(-c4ccccc4)no3)=C2C)cc1. The smallest absolute Gasteiger partial charge is 0.326 e. The molecule has 170 valence electrons. The van der Waals surface area contributed by atoms with Crippen LogP contribution in [0.15, 0.2) is 94.0 Å². The fraction of sp³-hybridized carbons (Fsp3) is 0.115. The first kappa shape index (κ1) is 21.9. The summed E-state index contributed by atoms with van der Waals surface area (Å²) in [6, 6.07) is 22.4. The number of nitrogens with one attached hydrogen (secondary N) is 1. The third kappa shape index (κ3) is 4.08. The van der Waals surface area contributed by atoms with Crippen molar-refractivity contribution in [3.63, 3.8) is 0 Å². The Labute approximate surface area is 200 Å². The molecule has 8 heteroatoms. The lowest BCUT2D eigenvalue weighted by Crippen LogP contribution is -2.46. The van der Waals surface area contributed by atoms with Crippen molar-refractivity contribution in [2.24, 2.45) is 0 Å². The van der Waals surface area contributed by atoms with Crippen LogP contribution in [-0.2, 0) is 0 Å². The number of halogens is 1. The number of benzene rings is 3. The van der Waals surface area contributed by atoms with Crippen molar-refractivity contribution in [3.05, 3.63) is 102 Å². The molecule has 0 bridgehead atoms. The van der Waals surface area contributed by atoms with E-state index in [0.717, 1.165) is 10.5 Å². The van der Waals surface area contributed by atoms with E-state index in [-0.39, 0.29) is 17.7 Å². The van der Waals surface area contributed by atoms with Crippen LogP contribution in [-0.4, -0.2) is 22.4 Å². The van der Waals surface area contributed by atoms with Gasteiger partial charge in [0.15, 0.2) is 0 Å². The monoisotopic (exact) mass is 472 g/mol. The van der Waals surface area contributed by atoms with E-state index in [9.17, 15) is 9.18 Å². The fourth-order valence-electron chi connectivity index (χ4n) is 4.00. The molecule has 0 radical (unpaired) electrons. The molecule has 1 aliphatic heterocycles. The van der Waals surface area contributed by atoms with Crippen molar-refractivity contribution < 1.29 is 13.7 Å². The number of hydrogen-bond donors (Lipinski definition) is 1. The maximum atomic E-state index is 13.6. The molecule has 0 saturated carbocycles. The highest BCUT2D eigenvalue weighted by molar-refractivity contribution is 7.98. The minimum Gasteiger partial charge on any atom is -0.334 e. The Morgan fingerprint density at radius 2 is 1.71 bits per heavy atom. The molecule has 1 aromatic heterocycles. The van der Waals surface area contributed by atoms with Gasteiger partial charge in [-0.1, -0.05) is 47.6 Å². The zero-order valence-electron chi connectivity index (χ0n) is 18.5. The lowest BCUT2D eigenvalue weighted by Gasteiger charge is -2.35. The highest BCUT2D eigenvalue weighted by Gasteiger charge is 2.36. The molecule has 0 saturated heterocycles. The first-order valence-corrected chi connectivity index (χ1v) is 11.9. The topological polar surface area (TPSA) is 71.3 Å². The van der Waals surface area contributed by atoms with Crippen molar-refractivity contribution in [2.45, 2.75) is 17.9 Å². The lowest BCUT2D eigenvalue weighted by atomic mass is 9.94. The number of carbonyl (C=O) groups is 1. The lowest BCUT2D eigenvalue weighted by molar-refractivity contribution is 0.244. The van der Waals surface area contributed by atoms with Gasteiger partial charge in [-0.3, -0.25) is 4.90 Å². The second-order valence-electron chi connectivity index (χ2n) is 7.76. The summed E-state index contributed by atoms with van der Waals surface area (Å²) < 4.78 is 19.3. The van der Waals surface area contributed by atoms with E-state index >= 15 is 0 Å². The minimum atomic E-state index is -0.584. The average molecular weight is 473 g/mol. The molecular weight excluding hydrogens is 451 g/mol. The van der Waals surface area contributed by atoms with Gasteiger partial charge in [0, 0.05) is 16.2 Å². The Morgan fingerprint density at radius 1 is 1.00 bits per heavy atom. The van der Waals surface area contributed by atoms with E-state index in [1.165, 1.54) is 12.1 Å². The largest absolute Gasteiger partial charge is 0.334 e. The number of nitrogens with zero attached hydrogens (tertiary/aromatic N) is 3. The number of thioether (sulfide) groups is 1. The van der Waals surface area contributed by atoms with Crippen molar-refractivity contribution in [1.82, 2.24) is 15.5 Å². The molecule has 0 fully saturated rings. The summed E-state index contributed by atoms with van der Waals surface area (Å²) in [4.78, 5) is 20.6. The van der Waals surface area contributed by atoms with Gasteiger partial charge in [0.2, 0.25) is 5.82 Å². The third-order valence-electron chi connectivity index (χ3n) is 5.71. The first-order chi connectivity index (χ1) is 16.5. The average Bonchev–Trinajstić information content (AvgIpc) is 3.35. The Hall–Kier alpha value is -3.91. The van der Waals surface area contributed by atoms with Crippen molar-refractivity contribution in [2.75, 3.05) is 11.2 Å². The summed E-state index contributed by atoms with van der Waals surface area (Å²) in [5, 5.41) is 7.19. The molecule has 6 nitrogen and oxygen atoms in total. The van der Waals surface area contributed by atoms with E-state index in [1.807, 2.05) is 67.8 Å². The van der Waals surface area contributed by atoms with Gasteiger partial charge in [0.05, 0.1) is 17.3 Å². The zero-order chi connectivity index (χ0) is 23.7. The van der Waals surface area contributed by atoms with Gasteiger partial charge in [-0.2, -0.15) is 4.98 Å². The predicted octanol–water partition coefficient (Wildman–Crippen LogP) is 6.30. The van der Waals surface area contributed by atoms with E-state index in [1.54, 1.807) is 28.8 Å². The molecule has 4 aromatic rings. The normalized spacial score (nSPS) is 16.0. The summed E-state index contributed by atoms with van der Waals surface area (Å²) in [5.74, 6) is 0.380. The third-order valence-corrected chi connectivity index (χ3v) is 6.45. The second-order valence-corrected chi connectivity index (χ2v) is 8.64.